The van der Waals surface area contributed by atoms with Crippen LogP contribution >= 0.6 is 46.3 Å². The molecule has 2 aromatic rings. The molecule has 96 valence electrons. The highest BCUT2D eigenvalue weighted by Crippen LogP contribution is 2.34. The molecule has 2 rings (SSSR count). The molecular formula is C10H8Cl3N3OS. The second kappa shape index (κ2) is 5.93. The first-order valence-corrected chi connectivity index (χ1v) is 6.79. The topological polar surface area (TPSA) is 47.0 Å². The van der Waals surface area contributed by atoms with Gasteiger partial charge in [-0.15, -0.1) is 5.10 Å². The molecular weight excluding hydrogens is 317 g/mol. The lowest BCUT2D eigenvalue weighted by Gasteiger charge is -2.08. The quantitative estimate of drug-likeness (QED) is 0.859. The first-order chi connectivity index (χ1) is 8.61. The summed E-state index contributed by atoms with van der Waals surface area (Å²) in [6.07, 6.45) is 0. The summed E-state index contributed by atoms with van der Waals surface area (Å²) in [6, 6.07) is 3.12. The number of anilines is 1. The predicted molar refractivity (Wildman–Crippen MR) is 75.3 cm³/mol. The number of ether oxygens (including phenoxy) is 1. The molecule has 0 fully saturated rings. The summed E-state index contributed by atoms with van der Waals surface area (Å²) < 4.78 is 9.38. The van der Waals surface area contributed by atoms with Crippen molar-refractivity contribution in [3.63, 3.8) is 0 Å². The van der Waals surface area contributed by atoms with Crippen molar-refractivity contribution in [3.8, 4) is 5.75 Å². The molecule has 0 aliphatic rings. The first kappa shape index (κ1) is 13.7. The zero-order valence-electron chi connectivity index (χ0n) is 9.21. The number of benzene rings is 1. The van der Waals surface area contributed by atoms with Crippen LogP contribution in [0.4, 0.5) is 5.00 Å². The summed E-state index contributed by atoms with van der Waals surface area (Å²) >= 11 is 19.0. The van der Waals surface area contributed by atoms with Crippen molar-refractivity contribution >= 4 is 51.3 Å². The van der Waals surface area contributed by atoms with Gasteiger partial charge in [0.1, 0.15) is 23.1 Å². The van der Waals surface area contributed by atoms with Gasteiger partial charge in [0.05, 0.1) is 15.1 Å². The molecule has 1 aromatic heterocycles. The Morgan fingerprint density at radius 1 is 1.22 bits per heavy atom. The minimum absolute atomic E-state index is 0.254. The standard InChI is InChI=1S/C10H8Cl3N3OS/c1-14-10-8(15-16-18-10)4-17-9-3-6(12)5(11)2-7(9)13/h2-3,14H,4H2,1H3. The van der Waals surface area contributed by atoms with E-state index in [4.69, 9.17) is 39.5 Å². The van der Waals surface area contributed by atoms with Gasteiger partial charge in [0, 0.05) is 24.6 Å². The lowest BCUT2D eigenvalue weighted by molar-refractivity contribution is 0.302. The Kier molecular flexibility index (Phi) is 4.50. The average molecular weight is 325 g/mol. The summed E-state index contributed by atoms with van der Waals surface area (Å²) in [5.41, 5.74) is 0.713. The fourth-order valence-corrected chi connectivity index (χ4v) is 2.36. The number of aromatic nitrogens is 2. The van der Waals surface area contributed by atoms with E-state index in [1.165, 1.54) is 11.5 Å². The molecule has 0 spiro atoms. The second-order valence-electron chi connectivity index (χ2n) is 3.28. The summed E-state index contributed by atoms with van der Waals surface area (Å²) in [6.45, 7) is 0.254. The number of halogens is 3. The van der Waals surface area contributed by atoms with Gasteiger partial charge in [0.25, 0.3) is 0 Å². The lowest BCUT2D eigenvalue weighted by atomic mass is 10.3. The van der Waals surface area contributed by atoms with Crippen LogP contribution in [-0.4, -0.2) is 16.6 Å². The van der Waals surface area contributed by atoms with E-state index in [-0.39, 0.29) is 6.61 Å². The van der Waals surface area contributed by atoms with E-state index in [1.807, 2.05) is 0 Å². The van der Waals surface area contributed by atoms with Crippen molar-refractivity contribution in [1.82, 2.24) is 9.59 Å². The Morgan fingerprint density at radius 2 is 1.94 bits per heavy atom. The normalized spacial score (nSPS) is 10.4. The smallest absolute Gasteiger partial charge is 0.140 e. The molecule has 1 heterocycles. The van der Waals surface area contributed by atoms with Crippen LogP contribution in [0, 0.1) is 0 Å². The van der Waals surface area contributed by atoms with Crippen LogP contribution in [0.25, 0.3) is 0 Å². The van der Waals surface area contributed by atoms with Crippen LogP contribution in [0.5, 0.6) is 5.75 Å². The van der Waals surface area contributed by atoms with Gasteiger partial charge in [0.15, 0.2) is 0 Å². The van der Waals surface area contributed by atoms with Crippen LogP contribution in [0.15, 0.2) is 12.1 Å². The van der Waals surface area contributed by atoms with Crippen LogP contribution < -0.4 is 10.1 Å². The molecule has 18 heavy (non-hydrogen) atoms. The third-order valence-corrected chi connectivity index (χ3v) is 3.93. The largest absolute Gasteiger partial charge is 0.485 e. The van der Waals surface area contributed by atoms with Crippen LogP contribution in [0.1, 0.15) is 5.69 Å². The Hall–Kier alpha value is -0.750. The van der Waals surface area contributed by atoms with E-state index in [0.29, 0.717) is 26.5 Å². The van der Waals surface area contributed by atoms with Crippen molar-refractivity contribution in [2.24, 2.45) is 0 Å². The maximum absolute atomic E-state index is 6.00. The molecule has 4 nitrogen and oxygen atoms in total. The molecule has 1 N–H and O–H groups in total. The van der Waals surface area contributed by atoms with E-state index in [2.05, 4.69) is 14.9 Å². The summed E-state index contributed by atoms with van der Waals surface area (Å²) in [7, 11) is 1.80. The Labute approximate surface area is 123 Å². The zero-order chi connectivity index (χ0) is 13.1. The van der Waals surface area contributed by atoms with E-state index in [1.54, 1.807) is 19.2 Å². The predicted octanol–water partition coefficient (Wildman–Crippen LogP) is 4.12. The molecule has 0 saturated heterocycles. The van der Waals surface area contributed by atoms with E-state index >= 15 is 0 Å². The van der Waals surface area contributed by atoms with Gasteiger partial charge in [-0.25, -0.2) is 0 Å². The zero-order valence-corrected chi connectivity index (χ0v) is 12.3. The van der Waals surface area contributed by atoms with E-state index < -0.39 is 0 Å². The van der Waals surface area contributed by atoms with Crippen molar-refractivity contribution in [3.05, 3.63) is 32.9 Å². The van der Waals surface area contributed by atoms with Crippen molar-refractivity contribution in [2.75, 3.05) is 12.4 Å². The van der Waals surface area contributed by atoms with E-state index in [9.17, 15) is 0 Å². The lowest BCUT2D eigenvalue weighted by Crippen LogP contribution is -2.00. The third-order valence-electron chi connectivity index (χ3n) is 2.12. The first-order valence-electron chi connectivity index (χ1n) is 4.88. The van der Waals surface area contributed by atoms with Crippen molar-refractivity contribution < 1.29 is 4.74 Å². The average Bonchev–Trinajstić information content (AvgIpc) is 2.79. The second-order valence-corrected chi connectivity index (χ2v) is 5.26. The highest BCUT2D eigenvalue weighted by atomic mass is 35.5. The van der Waals surface area contributed by atoms with Gasteiger partial charge in [-0.3, -0.25) is 0 Å². The molecule has 0 unspecified atom stereocenters. The third kappa shape index (κ3) is 2.98. The van der Waals surface area contributed by atoms with Crippen LogP contribution in [0.3, 0.4) is 0 Å². The molecule has 0 amide bonds. The van der Waals surface area contributed by atoms with Gasteiger partial charge in [-0.05, 0) is 6.07 Å². The number of nitrogens with one attached hydrogen (secondary N) is 1. The molecule has 0 radical (unpaired) electrons. The van der Waals surface area contributed by atoms with Crippen molar-refractivity contribution in [2.45, 2.75) is 6.61 Å². The number of nitrogens with zero attached hydrogens (tertiary/aromatic N) is 2. The monoisotopic (exact) mass is 323 g/mol. The van der Waals surface area contributed by atoms with Crippen molar-refractivity contribution in [1.29, 1.82) is 0 Å². The van der Waals surface area contributed by atoms with E-state index in [0.717, 1.165) is 5.00 Å². The van der Waals surface area contributed by atoms with Gasteiger partial charge in [0.2, 0.25) is 0 Å². The fraction of sp³-hybridized carbons (Fsp3) is 0.200. The summed E-state index contributed by atoms with van der Waals surface area (Å²) in [5.74, 6) is 0.459. The number of rotatable bonds is 4. The number of hydrogen-bond acceptors (Lipinski definition) is 5. The highest BCUT2D eigenvalue weighted by Gasteiger charge is 2.10. The minimum atomic E-state index is 0.254. The molecule has 1 aromatic carbocycles. The molecule has 0 bridgehead atoms. The molecule has 0 atom stereocenters. The summed E-state index contributed by atoms with van der Waals surface area (Å²) in [4.78, 5) is 0. The minimum Gasteiger partial charge on any atom is -0.485 e. The molecule has 0 aliphatic carbocycles. The molecule has 0 aliphatic heterocycles. The highest BCUT2D eigenvalue weighted by molar-refractivity contribution is 7.10. The summed E-state index contributed by atoms with van der Waals surface area (Å²) in [5, 5.41) is 8.96. The fourth-order valence-electron chi connectivity index (χ4n) is 1.25. The van der Waals surface area contributed by atoms with Crippen LogP contribution in [-0.2, 0) is 6.61 Å². The van der Waals surface area contributed by atoms with Crippen LogP contribution in [0.2, 0.25) is 15.1 Å². The van der Waals surface area contributed by atoms with Gasteiger partial charge in [-0.1, -0.05) is 39.3 Å². The maximum atomic E-state index is 6.00. The van der Waals surface area contributed by atoms with Gasteiger partial charge in [-0.2, -0.15) is 0 Å². The Morgan fingerprint density at radius 3 is 2.67 bits per heavy atom. The maximum Gasteiger partial charge on any atom is 0.140 e. The Bertz CT molecular complexity index is 561. The van der Waals surface area contributed by atoms with Gasteiger partial charge < -0.3 is 10.1 Å². The van der Waals surface area contributed by atoms with Gasteiger partial charge >= 0.3 is 0 Å². The SMILES string of the molecule is CNc1snnc1COc1cc(Cl)c(Cl)cc1Cl. The molecule has 0 saturated carbocycles. The Balaban J connectivity index is 2.13. The molecule has 8 heteroatoms. The number of hydrogen-bond donors (Lipinski definition) is 1.